The van der Waals surface area contributed by atoms with Gasteiger partial charge in [-0.15, -0.1) is 0 Å². The number of nitrogens with zero attached hydrogens (tertiary/aromatic N) is 3. The molecule has 3 aromatic rings. The lowest BCUT2D eigenvalue weighted by atomic mass is 9.93. The summed E-state index contributed by atoms with van der Waals surface area (Å²) in [6, 6.07) is 7.30. The van der Waals surface area contributed by atoms with Crippen LogP contribution >= 0.6 is 15.9 Å². The molecule has 1 aliphatic rings. The van der Waals surface area contributed by atoms with Crippen LogP contribution in [-0.2, 0) is 0 Å². The van der Waals surface area contributed by atoms with Crippen molar-refractivity contribution in [3.05, 3.63) is 44.8 Å². The lowest BCUT2D eigenvalue weighted by Gasteiger charge is -2.29. The van der Waals surface area contributed by atoms with Crippen LogP contribution in [0, 0.1) is 0 Å². The summed E-state index contributed by atoms with van der Waals surface area (Å²) in [5, 5.41) is 14.3. The van der Waals surface area contributed by atoms with Gasteiger partial charge in [0.05, 0.1) is 5.52 Å². The molecule has 0 unspecified atom stereocenters. The highest BCUT2D eigenvalue weighted by molar-refractivity contribution is 9.10. The summed E-state index contributed by atoms with van der Waals surface area (Å²) >= 11 is 3.41. The first-order valence-corrected chi connectivity index (χ1v) is 8.51. The molecule has 0 radical (unpaired) electrons. The predicted octanol–water partition coefficient (Wildman–Crippen LogP) is 2.80. The van der Waals surface area contributed by atoms with Crippen LogP contribution in [0.2, 0.25) is 0 Å². The lowest BCUT2D eigenvalue weighted by molar-refractivity contribution is 0.131. The van der Waals surface area contributed by atoms with Gasteiger partial charge in [-0.1, -0.05) is 15.9 Å². The van der Waals surface area contributed by atoms with Crippen molar-refractivity contribution in [3.63, 3.8) is 0 Å². The SMILES string of the molecule is O=C(O)N1CCC(c2cc(=O)n3nc4cc(Br)ccc4c3[nH]2)CC1. The molecule has 0 saturated carbocycles. The molecule has 24 heavy (non-hydrogen) atoms. The number of likely N-dealkylation sites (tertiary alicyclic amines) is 1. The Kier molecular flexibility index (Phi) is 3.56. The molecule has 8 heteroatoms. The number of hydrogen-bond donors (Lipinski definition) is 2. The van der Waals surface area contributed by atoms with Crippen molar-refractivity contribution >= 4 is 38.6 Å². The molecule has 1 aromatic carbocycles. The van der Waals surface area contributed by atoms with Crippen LogP contribution in [0.1, 0.15) is 24.5 Å². The topological polar surface area (TPSA) is 90.7 Å². The molecule has 1 fully saturated rings. The van der Waals surface area contributed by atoms with Gasteiger partial charge in [0, 0.05) is 40.6 Å². The Morgan fingerprint density at radius 1 is 1.29 bits per heavy atom. The van der Waals surface area contributed by atoms with Crippen LogP contribution < -0.4 is 5.56 Å². The monoisotopic (exact) mass is 390 g/mol. The fraction of sp³-hybridized carbons (Fsp3) is 0.312. The number of amides is 1. The zero-order valence-electron chi connectivity index (χ0n) is 12.7. The number of fused-ring (bicyclic) bond motifs is 3. The van der Waals surface area contributed by atoms with Crippen LogP contribution in [0.15, 0.2) is 33.5 Å². The molecule has 3 heterocycles. The zero-order valence-corrected chi connectivity index (χ0v) is 14.3. The Bertz CT molecular complexity index is 1000. The number of hydrogen-bond acceptors (Lipinski definition) is 3. The van der Waals surface area contributed by atoms with Crippen molar-refractivity contribution in [1.82, 2.24) is 19.5 Å². The summed E-state index contributed by atoms with van der Waals surface area (Å²) in [7, 11) is 0. The van der Waals surface area contributed by atoms with Gasteiger partial charge in [0.1, 0.15) is 5.65 Å². The summed E-state index contributed by atoms with van der Waals surface area (Å²) < 4.78 is 2.29. The van der Waals surface area contributed by atoms with Gasteiger partial charge < -0.3 is 15.0 Å². The molecule has 0 aliphatic carbocycles. The van der Waals surface area contributed by atoms with Gasteiger partial charge in [-0.3, -0.25) is 4.79 Å². The molecule has 0 spiro atoms. The van der Waals surface area contributed by atoms with Gasteiger partial charge in [0.25, 0.3) is 5.56 Å². The minimum atomic E-state index is -0.884. The maximum atomic E-state index is 12.4. The third-order valence-corrected chi connectivity index (χ3v) is 5.08. The van der Waals surface area contributed by atoms with Gasteiger partial charge in [-0.25, -0.2) is 4.79 Å². The maximum absolute atomic E-state index is 12.4. The van der Waals surface area contributed by atoms with Crippen molar-refractivity contribution in [1.29, 1.82) is 0 Å². The van der Waals surface area contributed by atoms with Gasteiger partial charge in [-0.2, -0.15) is 9.61 Å². The van der Waals surface area contributed by atoms with Crippen molar-refractivity contribution in [2.24, 2.45) is 0 Å². The van der Waals surface area contributed by atoms with E-state index >= 15 is 0 Å². The van der Waals surface area contributed by atoms with Crippen molar-refractivity contribution < 1.29 is 9.90 Å². The van der Waals surface area contributed by atoms with E-state index in [1.54, 1.807) is 6.07 Å². The molecule has 1 saturated heterocycles. The van der Waals surface area contributed by atoms with E-state index in [4.69, 9.17) is 5.11 Å². The first-order valence-electron chi connectivity index (χ1n) is 7.72. The van der Waals surface area contributed by atoms with Gasteiger partial charge in [-0.05, 0) is 31.0 Å². The summed E-state index contributed by atoms with van der Waals surface area (Å²) in [6.07, 6.45) is 0.524. The zero-order chi connectivity index (χ0) is 16.8. The Morgan fingerprint density at radius 2 is 2.04 bits per heavy atom. The second-order valence-electron chi connectivity index (χ2n) is 6.03. The number of nitrogens with one attached hydrogen (secondary N) is 1. The van der Waals surface area contributed by atoms with Crippen molar-refractivity contribution in [2.45, 2.75) is 18.8 Å². The Balaban J connectivity index is 1.76. The molecule has 2 aromatic heterocycles. The van der Waals surface area contributed by atoms with E-state index in [2.05, 4.69) is 26.0 Å². The number of benzene rings is 1. The van der Waals surface area contributed by atoms with Crippen LogP contribution in [0.25, 0.3) is 16.6 Å². The van der Waals surface area contributed by atoms with Crippen molar-refractivity contribution in [2.75, 3.05) is 13.1 Å². The molecule has 0 atom stereocenters. The molecule has 1 aliphatic heterocycles. The number of rotatable bonds is 1. The number of piperidine rings is 1. The van der Waals surface area contributed by atoms with E-state index < -0.39 is 6.09 Å². The molecule has 1 amide bonds. The second-order valence-corrected chi connectivity index (χ2v) is 6.94. The predicted molar refractivity (Wildman–Crippen MR) is 92.6 cm³/mol. The fourth-order valence-corrected chi connectivity index (χ4v) is 3.66. The van der Waals surface area contributed by atoms with Crippen LogP contribution in [0.3, 0.4) is 0 Å². The van der Waals surface area contributed by atoms with E-state index in [1.807, 2.05) is 18.2 Å². The molecular weight excluding hydrogens is 376 g/mol. The van der Waals surface area contributed by atoms with Gasteiger partial charge >= 0.3 is 6.09 Å². The smallest absolute Gasteiger partial charge is 0.407 e. The highest BCUT2D eigenvalue weighted by Crippen LogP contribution is 2.28. The molecular formula is C16H15BrN4O3. The second kappa shape index (κ2) is 5.62. The summed E-state index contributed by atoms with van der Waals surface area (Å²) in [5.74, 6) is 0.152. The Morgan fingerprint density at radius 3 is 2.75 bits per heavy atom. The quantitative estimate of drug-likeness (QED) is 0.668. The molecule has 7 nitrogen and oxygen atoms in total. The van der Waals surface area contributed by atoms with E-state index in [0.29, 0.717) is 31.6 Å². The summed E-state index contributed by atoms with van der Waals surface area (Å²) in [4.78, 5) is 28.2. The average Bonchev–Trinajstić information content (AvgIpc) is 2.93. The fourth-order valence-electron chi connectivity index (χ4n) is 3.31. The largest absolute Gasteiger partial charge is 0.465 e. The van der Waals surface area contributed by atoms with E-state index in [1.165, 1.54) is 9.42 Å². The number of halogens is 1. The van der Waals surface area contributed by atoms with E-state index in [0.717, 1.165) is 21.1 Å². The Labute approximate surface area is 145 Å². The minimum absolute atomic E-state index is 0.152. The summed E-state index contributed by atoms with van der Waals surface area (Å²) in [5.41, 5.74) is 2.10. The van der Waals surface area contributed by atoms with Gasteiger partial charge in [0.2, 0.25) is 0 Å². The van der Waals surface area contributed by atoms with E-state index in [9.17, 15) is 9.59 Å². The number of aromatic nitrogens is 3. The van der Waals surface area contributed by atoms with Gasteiger partial charge in [0.15, 0.2) is 0 Å². The molecule has 2 N–H and O–H groups in total. The first kappa shape index (κ1) is 15.2. The molecule has 0 bridgehead atoms. The Hall–Kier alpha value is -2.35. The first-order chi connectivity index (χ1) is 11.5. The highest BCUT2D eigenvalue weighted by atomic mass is 79.9. The normalized spacial score (nSPS) is 16.1. The number of H-pyrrole nitrogens is 1. The standard InChI is InChI=1S/C16H15BrN4O3/c17-10-1-2-11-13(7-10)19-21-14(22)8-12(18-15(11)21)9-3-5-20(6-4-9)16(23)24/h1-2,7-9,18H,3-6H2,(H,23,24). The average molecular weight is 391 g/mol. The van der Waals surface area contributed by atoms with Crippen LogP contribution in [0.5, 0.6) is 0 Å². The van der Waals surface area contributed by atoms with Crippen LogP contribution in [-0.4, -0.2) is 43.8 Å². The lowest BCUT2D eigenvalue weighted by Crippen LogP contribution is -2.37. The minimum Gasteiger partial charge on any atom is -0.465 e. The molecule has 4 rings (SSSR count). The third kappa shape index (κ3) is 2.47. The van der Waals surface area contributed by atoms with E-state index in [-0.39, 0.29) is 11.5 Å². The maximum Gasteiger partial charge on any atom is 0.407 e. The van der Waals surface area contributed by atoms with Crippen molar-refractivity contribution in [3.8, 4) is 0 Å². The third-order valence-electron chi connectivity index (χ3n) is 4.59. The molecule has 124 valence electrons. The summed E-state index contributed by atoms with van der Waals surface area (Å²) in [6.45, 7) is 0.973. The number of carboxylic acid groups (broad SMARTS) is 1. The van der Waals surface area contributed by atoms with Crippen LogP contribution in [0.4, 0.5) is 4.79 Å². The highest BCUT2D eigenvalue weighted by Gasteiger charge is 2.24. The number of aromatic amines is 1. The number of carbonyl (C=O) groups is 1.